The SMILES string of the molecule is O=C(c1ccoc1)N1CCC2C=C(O)C(O)=CC2C(c2ccccc2)C1. The molecule has 2 aromatic rings. The fourth-order valence-corrected chi connectivity index (χ4v) is 4.02. The number of fused-ring (bicyclic) bond motifs is 1. The van der Waals surface area contributed by atoms with Crippen molar-refractivity contribution in [2.45, 2.75) is 12.3 Å². The Balaban J connectivity index is 1.70. The highest BCUT2D eigenvalue weighted by atomic mass is 16.3. The van der Waals surface area contributed by atoms with Gasteiger partial charge in [-0.1, -0.05) is 30.3 Å². The summed E-state index contributed by atoms with van der Waals surface area (Å²) < 4.78 is 5.06. The van der Waals surface area contributed by atoms with Gasteiger partial charge in [-0.25, -0.2) is 0 Å². The number of amides is 1. The molecule has 134 valence electrons. The molecule has 2 N–H and O–H groups in total. The van der Waals surface area contributed by atoms with Crippen LogP contribution in [0.25, 0.3) is 0 Å². The fraction of sp³-hybridized carbons (Fsp3) is 0.286. The number of furan rings is 1. The monoisotopic (exact) mass is 351 g/mol. The molecule has 1 aliphatic carbocycles. The molecule has 1 aromatic carbocycles. The van der Waals surface area contributed by atoms with E-state index >= 15 is 0 Å². The molecule has 1 saturated heterocycles. The lowest BCUT2D eigenvalue weighted by molar-refractivity contribution is 0.0751. The summed E-state index contributed by atoms with van der Waals surface area (Å²) in [5, 5.41) is 20.0. The highest BCUT2D eigenvalue weighted by molar-refractivity contribution is 5.93. The van der Waals surface area contributed by atoms with E-state index in [4.69, 9.17) is 4.42 Å². The minimum atomic E-state index is -0.0817. The second kappa shape index (κ2) is 6.75. The van der Waals surface area contributed by atoms with Crippen LogP contribution in [0.3, 0.4) is 0 Å². The summed E-state index contributed by atoms with van der Waals surface area (Å²) >= 11 is 0. The van der Waals surface area contributed by atoms with Gasteiger partial charge < -0.3 is 19.5 Å². The Morgan fingerprint density at radius 1 is 1.08 bits per heavy atom. The molecule has 1 amide bonds. The van der Waals surface area contributed by atoms with Gasteiger partial charge in [-0.2, -0.15) is 0 Å². The first-order valence-corrected chi connectivity index (χ1v) is 8.82. The van der Waals surface area contributed by atoms with Crippen molar-refractivity contribution in [3.63, 3.8) is 0 Å². The Labute approximate surface area is 151 Å². The molecule has 2 aliphatic rings. The van der Waals surface area contributed by atoms with Crippen molar-refractivity contribution >= 4 is 5.91 Å². The number of carbonyl (C=O) groups is 1. The van der Waals surface area contributed by atoms with Gasteiger partial charge in [0.1, 0.15) is 6.26 Å². The van der Waals surface area contributed by atoms with Gasteiger partial charge >= 0.3 is 0 Å². The molecule has 5 heteroatoms. The third-order valence-electron chi connectivity index (χ3n) is 5.38. The van der Waals surface area contributed by atoms with Crippen LogP contribution >= 0.6 is 0 Å². The number of allylic oxidation sites excluding steroid dienone is 2. The first-order chi connectivity index (χ1) is 12.6. The number of benzene rings is 1. The van der Waals surface area contributed by atoms with E-state index in [0.717, 1.165) is 12.0 Å². The highest BCUT2D eigenvalue weighted by Crippen LogP contribution is 2.41. The Morgan fingerprint density at radius 2 is 1.85 bits per heavy atom. The Hall–Kier alpha value is -2.95. The van der Waals surface area contributed by atoms with Crippen LogP contribution in [0, 0.1) is 11.8 Å². The van der Waals surface area contributed by atoms with E-state index in [-0.39, 0.29) is 35.2 Å². The Bertz CT molecular complexity index is 838. The molecule has 0 bridgehead atoms. The second-order valence-corrected chi connectivity index (χ2v) is 6.91. The van der Waals surface area contributed by atoms with Gasteiger partial charge in [-0.05, 0) is 42.0 Å². The first kappa shape index (κ1) is 16.5. The summed E-state index contributed by atoms with van der Waals surface area (Å²) in [6.45, 7) is 1.14. The normalized spacial score (nSPS) is 25.7. The predicted octanol–water partition coefficient (Wildman–Crippen LogP) is 4.04. The van der Waals surface area contributed by atoms with Crippen LogP contribution in [0.4, 0.5) is 0 Å². The van der Waals surface area contributed by atoms with E-state index in [1.165, 1.54) is 12.5 Å². The molecule has 0 radical (unpaired) electrons. The molecule has 2 heterocycles. The molecule has 3 unspecified atom stereocenters. The summed E-state index contributed by atoms with van der Waals surface area (Å²) in [6, 6.07) is 11.7. The maximum atomic E-state index is 12.9. The van der Waals surface area contributed by atoms with E-state index in [2.05, 4.69) is 12.1 Å². The topological polar surface area (TPSA) is 73.9 Å². The van der Waals surface area contributed by atoms with Gasteiger partial charge in [0.2, 0.25) is 0 Å². The van der Waals surface area contributed by atoms with E-state index < -0.39 is 0 Å². The molecule has 5 nitrogen and oxygen atoms in total. The molecule has 0 saturated carbocycles. The zero-order valence-electron chi connectivity index (χ0n) is 14.3. The Kier molecular flexibility index (Phi) is 4.29. The molecule has 3 atom stereocenters. The minimum Gasteiger partial charge on any atom is -0.504 e. The summed E-state index contributed by atoms with van der Waals surface area (Å²) in [6.07, 6.45) is 7.16. The fourth-order valence-electron chi connectivity index (χ4n) is 4.02. The molecule has 1 fully saturated rings. The summed E-state index contributed by atoms with van der Waals surface area (Å²) in [5.41, 5.74) is 1.66. The Morgan fingerprint density at radius 3 is 2.58 bits per heavy atom. The quantitative estimate of drug-likeness (QED) is 0.856. The van der Waals surface area contributed by atoms with Gasteiger partial charge in [-0.15, -0.1) is 0 Å². The molecular formula is C21H21NO4. The van der Waals surface area contributed by atoms with Gasteiger partial charge in [0.15, 0.2) is 11.5 Å². The number of carbonyl (C=O) groups excluding carboxylic acids is 1. The van der Waals surface area contributed by atoms with E-state index in [1.54, 1.807) is 18.2 Å². The van der Waals surface area contributed by atoms with Crippen LogP contribution in [0.2, 0.25) is 0 Å². The predicted molar refractivity (Wildman–Crippen MR) is 96.8 cm³/mol. The average Bonchev–Trinajstić information content (AvgIpc) is 3.13. The maximum Gasteiger partial charge on any atom is 0.257 e. The highest BCUT2D eigenvalue weighted by Gasteiger charge is 2.37. The zero-order chi connectivity index (χ0) is 18.1. The van der Waals surface area contributed by atoms with Gasteiger partial charge in [-0.3, -0.25) is 4.79 Å². The number of hydrogen-bond donors (Lipinski definition) is 2. The van der Waals surface area contributed by atoms with Crippen molar-refractivity contribution in [2.75, 3.05) is 13.1 Å². The van der Waals surface area contributed by atoms with E-state index in [0.29, 0.717) is 18.7 Å². The van der Waals surface area contributed by atoms with Crippen LogP contribution in [0.1, 0.15) is 28.3 Å². The lowest BCUT2D eigenvalue weighted by Crippen LogP contribution is -2.34. The number of hydrogen-bond acceptors (Lipinski definition) is 4. The molecule has 4 rings (SSSR count). The minimum absolute atomic E-state index is 0.0236. The van der Waals surface area contributed by atoms with Crippen LogP contribution in [-0.4, -0.2) is 34.1 Å². The summed E-state index contributed by atoms with van der Waals surface area (Å²) in [7, 11) is 0. The molecule has 26 heavy (non-hydrogen) atoms. The third kappa shape index (κ3) is 3.01. The number of rotatable bonds is 2. The molecule has 1 aliphatic heterocycles. The molecule has 0 spiro atoms. The second-order valence-electron chi connectivity index (χ2n) is 6.91. The van der Waals surface area contributed by atoms with Crippen molar-refractivity contribution in [3.05, 3.63) is 83.7 Å². The van der Waals surface area contributed by atoms with Crippen molar-refractivity contribution in [1.29, 1.82) is 0 Å². The maximum absolute atomic E-state index is 12.9. The lowest BCUT2D eigenvalue weighted by atomic mass is 9.75. The summed E-state index contributed by atoms with van der Waals surface area (Å²) in [5.74, 6) is -0.0889. The number of likely N-dealkylation sites (tertiary alicyclic amines) is 1. The van der Waals surface area contributed by atoms with Crippen LogP contribution < -0.4 is 0 Å². The molecule has 1 aromatic heterocycles. The van der Waals surface area contributed by atoms with Crippen molar-refractivity contribution in [2.24, 2.45) is 11.8 Å². The summed E-state index contributed by atoms with van der Waals surface area (Å²) in [4.78, 5) is 14.7. The van der Waals surface area contributed by atoms with Crippen LogP contribution in [0.5, 0.6) is 0 Å². The number of aliphatic hydroxyl groups is 2. The number of nitrogens with zero attached hydrogens (tertiary/aromatic N) is 1. The van der Waals surface area contributed by atoms with Gasteiger partial charge in [0, 0.05) is 19.0 Å². The van der Waals surface area contributed by atoms with E-state index in [1.807, 2.05) is 23.1 Å². The van der Waals surface area contributed by atoms with Crippen LogP contribution in [0.15, 0.2) is 77.0 Å². The van der Waals surface area contributed by atoms with Gasteiger partial charge in [0.05, 0.1) is 11.8 Å². The van der Waals surface area contributed by atoms with Crippen LogP contribution in [-0.2, 0) is 0 Å². The van der Waals surface area contributed by atoms with Crippen molar-refractivity contribution in [3.8, 4) is 0 Å². The van der Waals surface area contributed by atoms with Gasteiger partial charge in [0.25, 0.3) is 5.91 Å². The smallest absolute Gasteiger partial charge is 0.257 e. The molecular weight excluding hydrogens is 330 g/mol. The average molecular weight is 351 g/mol. The standard InChI is InChI=1S/C21H21NO4/c23-19-10-15-6-8-22(21(25)16-7-9-26-13-16)12-18(17(15)11-20(19)24)14-4-2-1-3-5-14/h1-5,7,9-11,13,15,17-18,23-24H,6,8,12H2. The lowest BCUT2D eigenvalue weighted by Gasteiger charge is -2.31. The van der Waals surface area contributed by atoms with E-state index in [9.17, 15) is 15.0 Å². The van der Waals surface area contributed by atoms with Crippen molar-refractivity contribution in [1.82, 2.24) is 4.90 Å². The number of aliphatic hydroxyl groups excluding tert-OH is 2. The first-order valence-electron chi connectivity index (χ1n) is 8.82. The third-order valence-corrected chi connectivity index (χ3v) is 5.38. The van der Waals surface area contributed by atoms with Crippen molar-refractivity contribution < 1.29 is 19.4 Å². The zero-order valence-corrected chi connectivity index (χ0v) is 14.3. The largest absolute Gasteiger partial charge is 0.504 e.